The number of carbonyl (C=O) groups is 1. The maximum Gasteiger partial charge on any atom is 0.261 e. The summed E-state index contributed by atoms with van der Waals surface area (Å²) < 4.78 is 27.4. The average molecular weight is 367 g/mol. The van der Waals surface area contributed by atoms with Crippen molar-refractivity contribution in [2.45, 2.75) is 31.1 Å². The molecule has 0 aliphatic carbocycles. The molecule has 2 aromatic carbocycles. The van der Waals surface area contributed by atoms with Crippen LogP contribution in [0.1, 0.15) is 42.1 Å². The van der Waals surface area contributed by atoms with E-state index >= 15 is 0 Å². The van der Waals surface area contributed by atoms with Gasteiger partial charge in [-0.1, -0.05) is 37.6 Å². The fourth-order valence-corrected chi connectivity index (χ4v) is 3.46. The van der Waals surface area contributed by atoms with Crippen molar-refractivity contribution in [3.63, 3.8) is 0 Å². The number of rotatable bonds is 6. The van der Waals surface area contributed by atoms with E-state index in [2.05, 4.69) is 18.6 Å². The second-order valence-electron chi connectivity index (χ2n) is 5.54. The molecule has 0 aromatic heterocycles. The van der Waals surface area contributed by atoms with Crippen molar-refractivity contribution in [1.29, 1.82) is 0 Å². The van der Waals surface area contributed by atoms with Crippen molar-refractivity contribution in [2.75, 3.05) is 4.72 Å². The maximum absolute atomic E-state index is 12.5. The Morgan fingerprint density at radius 1 is 1.21 bits per heavy atom. The highest BCUT2D eigenvalue weighted by molar-refractivity contribution is 7.92. The smallest absolute Gasteiger partial charge is 0.261 e. The van der Waals surface area contributed by atoms with Gasteiger partial charge in [-0.2, -0.15) is 0 Å². The normalized spacial score (nSPS) is 12.6. The van der Waals surface area contributed by atoms with Gasteiger partial charge in [-0.3, -0.25) is 9.52 Å². The molecule has 0 aliphatic rings. The van der Waals surface area contributed by atoms with Crippen LogP contribution in [0.5, 0.6) is 0 Å². The highest BCUT2D eigenvalue weighted by Gasteiger charge is 2.17. The van der Waals surface area contributed by atoms with Gasteiger partial charge in [-0.25, -0.2) is 8.42 Å². The summed E-state index contributed by atoms with van der Waals surface area (Å²) in [7, 11) is -3.81. The predicted molar refractivity (Wildman–Crippen MR) is 95.9 cm³/mol. The molecule has 128 valence electrons. The number of carbonyl (C=O) groups excluding carboxylic acids is 1. The van der Waals surface area contributed by atoms with Crippen LogP contribution in [0.25, 0.3) is 0 Å². The van der Waals surface area contributed by atoms with E-state index in [4.69, 9.17) is 17.3 Å². The minimum absolute atomic E-state index is 0.110. The second kappa shape index (κ2) is 7.23. The summed E-state index contributed by atoms with van der Waals surface area (Å²) in [6.45, 7) is 4.15. The molecule has 0 bridgehead atoms. The van der Waals surface area contributed by atoms with Crippen LogP contribution in [-0.4, -0.2) is 14.3 Å². The largest absolute Gasteiger partial charge is 0.366 e. The summed E-state index contributed by atoms with van der Waals surface area (Å²) in [6.07, 6.45) is 0.972. The molecule has 24 heavy (non-hydrogen) atoms. The first-order valence-corrected chi connectivity index (χ1v) is 9.33. The fraction of sp³-hybridized carbons (Fsp3) is 0.235. The summed E-state index contributed by atoms with van der Waals surface area (Å²) in [4.78, 5) is 11.4. The lowest BCUT2D eigenvalue weighted by molar-refractivity contribution is 0.100. The van der Waals surface area contributed by atoms with E-state index in [1.54, 1.807) is 24.3 Å². The molecule has 0 fully saturated rings. The van der Waals surface area contributed by atoms with E-state index in [9.17, 15) is 13.2 Å². The fourth-order valence-electron chi connectivity index (χ4n) is 2.17. The van der Waals surface area contributed by atoms with Crippen LogP contribution >= 0.6 is 11.6 Å². The molecular formula is C17H19ClN2O3S. The maximum atomic E-state index is 12.5. The predicted octanol–water partition coefficient (Wildman–Crippen LogP) is 3.75. The molecule has 0 unspecified atom stereocenters. The summed E-state index contributed by atoms with van der Waals surface area (Å²) in [5, 5.41) is 0.180. The molecule has 2 rings (SSSR count). The number of benzene rings is 2. The molecule has 0 radical (unpaired) electrons. The van der Waals surface area contributed by atoms with Gasteiger partial charge in [0.2, 0.25) is 5.91 Å². The van der Waals surface area contributed by atoms with Crippen LogP contribution in [0, 0.1) is 0 Å². The first kappa shape index (κ1) is 18.3. The highest BCUT2D eigenvalue weighted by Crippen LogP contribution is 2.27. The van der Waals surface area contributed by atoms with E-state index in [0.29, 0.717) is 5.92 Å². The first-order valence-electron chi connectivity index (χ1n) is 7.46. The number of hydrogen-bond donors (Lipinski definition) is 2. The SMILES string of the molecule is CC[C@H](C)c1ccc(S(=O)(=O)Nc2cc(C(N)=O)ccc2Cl)cc1. The van der Waals surface area contributed by atoms with E-state index in [1.165, 1.54) is 18.2 Å². The van der Waals surface area contributed by atoms with E-state index in [1.807, 2.05) is 0 Å². The van der Waals surface area contributed by atoms with Crippen LogP contribution < -0.4 is 10.5 Å². The van der Waals surface area contributed by atoms with Crippen LogP contribution in [0.15, 0.2) is 47.4 Å². The Morgan fingerprint density at radius 3 is 2.38 bits per heavy atom. The minimum Gasteiger partial charge on any atom is -0.366 e. The summed E-state index contributed by atoms with van der Waals surface area (Å²) in [6, 6.07) is 10.9. The monoisotopic (exact) mass is 366 g/mol. The van der Waals surface area contributed by atoms with Crippen LogP contribution in [0.3, 0.4) is 0 Å². The van der Waals surface area contributed by atoms with Crippen molar-refractivity contribution in [3.8, 4) is 0 Å². The van der Waals surface area contributed by atoms with Gasteiger partial charge in [0.05, 0.1) is 15.6 Å². The number of sulfonamides is 1. The molecule has 1 amide bonds. The zero-order valence-electron chi connectivity index (χ0n) is 13.4. The number of halogens is 1. The number of amides is 1. The Kier molecular flexibility index (Phi) is 5.51. The van der Waals surface area contributed by atoms with Crippen LogP contribution in [-0.2, 0) is 10.0 Å². The Morgan fingerprint density at radius 2 is 1.83 bits per heavy atom. The lowest BCUT2D eigenvalue weighted by Gasteiger charge is -2.12. The molecule has 0 saturated carbocycles. The van der Waals surface area contributed by atoms with Gasteiger partial charge < -0.3 is 5.73 Å². The quantitative estimate of drug-likeness (QED) is 0.815. The number of nitrogens with one attached hydrogen (secondary N) is 1. The van der Waals surface area contributed by atoms with Gasteiger partial charge in [0, 0.05) is 5.56 Å². The van der Waals surface area contributed by atoms with Gasteiger partial charge in [-0.05, 0) is 48.2 Å². The Balaban J connectivity index is 2.32. The third-order valence-corrected chi connectivity index (χ3v) is 5.58. The van der Waals surface area contributed by atoms with Crippen molar-refractivity contribution < 1.29 is 13.2 Å². The molecule has 1 atom stereocenters. The standard InChI is InChI=1S/C17H19ClN2O3S/c1-3-11(2)12-4-7-14(8-5-12)24(22,23)20-16-10-13(17(19)21)6-9-15(16)18/h4-11,20H,3H2,1-2H3,(H2,19,21)/t11-/m0/s1. The number of primary amides is 1. The summed E-state index contributed by atoms with van der Waals surface area (Å²) in [5.41, 5.74) is 6.56. The average Bonchev–Trinajstić information content (AvgIpc) is 2.55. The highest BCUT2D eigenvalue weighted by atomic mass is 35.5. The topological polar surface area (TPSA) is 89.3 Å². The van der Waals surface area contributed by atoms with Gasteiger partial charge in [0.1, 0.15) is 0 Å². The molecule has 0 aliphatic heterocycles. The van der Waals surface area contributed by atoms with Crippen molar-refractivity contribution in [2.24, 2.45) is 5.73 Å². The van der Waals surface area contributed by atoms with Crippen molar-refractivity contribution >= 4 is 33.2 Å². The van der Waals surface area contributed by atoms with Gasteiger partial charge in [0.15, 0.2) is 0 Å². The Bertz CT molecular complexity index is 849. The Hall–Kier alpha value is -2.05. The summed E-state index contributed by atoms with van der Waals surface area (Å²) in [5.74, 6) is -0.304. The minimum atomic E-state index is -3.81. The summed E-state index contributed by atoms with van der Waals surface area (Å²) >= 11 is 6.00. The van der Waals surface area contributed by atoms with Gasteiger partial charge in [0.25, 0.3) is 10.0 Å². The first-order chi connectivity index (χ1) is 11.2. The molecule has 0 heterocycles. The number of nitrogens with two attached hydrogens (primary N) is 1. The molecular weight excluding hydrogens is 348 g/mol. The molecule has 0 saturated heterocycles. The van der Waals surface area contributed by atoms with Crippen LogP contribution in [0.2, 0.25) is 5.02 Å². The van der Waals surface area contributed by atoms with E-state index in [0.717, 1.165) is 12.0 Å². The Labute approximate surface area is 146 Å². The van der Waals surface area contributed by atoms with Gasteiger partial charge in [-0.15, -0.1) is 0 Å². The second-order valence-corrected chi connectivity index (χ2v) is 7.63. The van der Waals surface area contributed by atoms with Crippen LogP contribution in [0.4, 0.5) is 5.69 Å². The van der Waals surface area contributed by atoms with Crippen molar-refractivity contribution in [3.05, 3.63) is 58.6 Å². The molecule has 0 spiro atoms. The molecule has 7 heteroatoms. The number of anilines is 1. The van der Waals surface area contributed by atoms with E-state index < -0.39 is 15.9 Å². The third-order valence-electron chi connectivity index (χ3n) is 3.87. The molecule has 3 N–H and O–H groups in total. The van der Waals surface area contributed by atoms with Crippen molar-refractivity contribution in [1.82, 2.24) is 0 Å². The zero-order valence-corrected chi connectivity index (χ0v) is 15.0. The molecule has 2 aromatic rings. The lowest BCUT2D eigenvalue weighted by atomic mass is 9.99. The zero-order chi connectivity index (χ0) is 17.9. The number of hydrogen-bond acceptors (Lipinski definition) is 3. The third kappa shape index (κ3) is 4.07. The lowest BCUT2D eigenvalue weighted by Crippen LogP contribution is -2.15. The molecule has 5 nitrogen and oxygen atoms in total. The van der Waals surface area contributed by atoms with Gasteiger partial charge >= 0.3 is 0 Å². The van der Waals surface area contributed by atoms with E-state index in [-0.39, 0.29) is 21.2 Å².